The summed E-state index contributed by atoms with van der Waals surface area (Å²) < 4.78 is 0. The predicted octanol–water partition coefficient (Wildman–Crippen LogP) is -8.37. The highest BCUT2D eigenvalue weighted by molar-refractivity contribution is 6.02. The molecule has 0 saturated carbocycles. The normalized spacial score (nSPS) is 15.3. The molecule has 778 valence electrons. The maximum Gasteiger partial charge on any atom is 0.326 e. The third-order valence-corrected chi connectivity index (χ3v) is 21.9. The average molecular weight is 1990 g/mol. The van der Waals surface area contributed by atoms with Crippen molar-refractivity contribution in [2.45, 2.75) is 281 Å². The highest BCUT2D eigenvalue weighted by Crippen LogP contribution is 2.17. The Morgan fingerprint density at radius 1 is 0.362 bits per heavy atom. The molecule has 2 aromatic heterocycles. The standard InChI is InChI=1S/C90H137N25O26/c1-43(2)31-59(105-79(129)60(32-51-21-15-13-16-22-51)106-80(130)61(33-52-23-17-14-18-24-52)107-82(132)62(34-53-37-95-41-98-53)108-83(133)64(36-68(122)123)110-85(135)70(45(5)6)112-76(126)55(92)40-116)84(134)113-71(46(7)8)86(136)109-63(35-54-38-96-42-99-54)81(131)102-56(25-19-20-30-91)78(128)100-48(10)75(125)114-73(50(12)118)89(139)103-57(26-28-65(93)119)77(127)97-39-67(121)111-69(44(3)4)87(137)115-72(49(11)117)88(138)101-47(9)74(124)104-58(90(140)141)27-29-66(94)120/h13-18,21-24,37-38,41-50,55-64,69-73,116-118H,19-20,25-36,39-40,91-92H2,1-12H3,(H2,93,119)(H2,94,120)(H,95,98)(H,96,99)(H,97,127)(H,100,128)(H,101,138)(H,102,131)(H,103,139)(H,104,124)(H,105,129)(H,106,130)(H,107,132)(H,108,133)(H,109,136)(H,110,135)(H,111,121)(H,112,126)(H,113,134)(H,114,125)(H,115,137)(H,122,123)(H,140,141)/t47-,48-,49+,50+,55-,56-,57-,58-,59-,60-,61-,62-,63-,64-,69-,70-,71-,72-,73-/m0/s1. The van der Waals surface area contributed by atoms with Gasteiger partial charge in [-0.05, 0) is 108 Å². The fourth-order valence-corrected chi connectivity index (χ4v) is 14.0. The van der Waals surface area contributed by atoms with Crippen LogP contribution in [0, 0.1) is 23.7 Å². The summed E-state index contributed by atoms with van der Waals surface area (Å²) in [5.41, 5.74) is 23.5. The number of carboxylic acid groups (broad SMARTS) is 2. The van der Waals surface area contributed by atoms with Crippen molar-refractivity contribution in [1.29, 1.82) is 0 Å². The molecule has 4 rings (SSSR count). The molecule has 0 spiro atoms. The summed E-state index contributed by atoms with van der Waals surface area (Å²) in [6.07, 6.45) is -2.03. The van der Waals surface area contributed by atoms with E-state index in [0.717, 1.165) is 20.8 Å². The number of hydrogen-bond acceptors (Lipinski definition) is 28. The lowest BCUT2D eigenvalue weighted by molar-refractivity contribution is -0.143. The van der Waals surface area contributed by atoms with Gasteiger partial charge in [0.15, 0.2) is 0 Å². The molecule has 51 heteroatoms. The third-order valence-electron chi connectivity index (χ3n) is 21.9. The lowest BCUT2D eigenvalue weighted by Gasteiger charge is -2.30. The summed E-state index contributed by atoms with van der Waals surface area (Å²) >= 11 is 0. The first-order valence-corrected chi connectivity index (χ1v) is 45.9. The molecule has 0 aliphatic carbocycles. The Morgan fingerprint density at radius 2 is 0.695 bits per heavy atom. The van der Waals surface area contributed by atoms with Crippen LogP contribution in [0.5, 0.6) is 0 Å². The number of aromatic nitrogens is 4. The molecule has 19 atom stereocenters. The van der Waals surface area contributed by atoms with Gasteiger partial charge in [0, 0.05) is 62.3 Å². The molecule has 51 nitrogen and oxygen atoms in total. The van der Waals surface area contributed by atoms with E-state index in [9.17, 15) is 117 Å². The zero-order valence-corrected chi connectivity index (χ0v) is 80.7. The number of hydrogen-bond donors (Lipinski definition) is 28. The Labute approximate surface area is 813 Å². The molecular formula is C90H137N25O26. The van der Waals surface area contributed by atoms with Gasteiger partial charge in [-0.15, -0.1) is 0 Å². The number of carbonyl (C=O) groups excluding carboxylic acids is 19. The minimum atomic E-state index is -1.93. The topological polar surface area (TPSA) is 826 Å². The molecule has 0 fully saturated rings. The quantitative estimate of drug-likeness (QED) is 0.0183. The molecule has 4 aromatic rings. The number of primary amides is 2. The second-order valence-electron chi connectivity index (χ2n) is 35.5. The van der Waals surface area contributed by atoms with Crippen molar-refractivity contribution in [1.82, 2.24) is 110 Å². The van der Waals surface area contributed by atoms with Crippen molar-refractivity contribution >= 4 is 124 Å². The van der Waals surface area contributed by atoms with Crippen LogP contribution >= 0.6 is 0 Å². The van der Waals surface area contributed by atoms with E-state index in [1.807, 2.05) is 0 Å². The number of rotatable bonds is 63. The Morgan fingerprint density at radius 3 is 1.11 bits per heavy atom. The van der Waals surface area contributed by atoms with Crippen LogP contribution in [-0.4, -0.2) is 304 Å². The van der Waals surface area contributed by atoms with Gasteiger partial charge in [0.2, 0.25) is 112 Å². The molecule has 0 saturated heterocycles. The monoisotopic (exact) mass is 1980 g/mol. The van der Waals surface area contributed by atoms with Gasteiger partial charge in [-0.2, -0.15) is 0 Å². The highest BCUT2D eigenvalue weighted by Gasteiger charge is 2.42. The maximum absolute atomic E-state index is 15.1. The minimum Gasteiger partial charge on any atom is -0.481 e. The maximum atomic E-state index is 15.1. The first-order valence-electron chi connectivity index (χ1n) is 45.9. The van der Waals surface area contributed by atoms with Crippen molar-refractivity contribution in [3.63, 3.8) is 0 Å². The van der Waals surface area contributed by atoms with Crippen LogP contribution < -0.4 is 113 Å². The van der Waals surface area contributed by atoms with Gasteiger partial charge in [-0.3, -0.25) is 95.9 Å². The van der Waals surface area contributed by atoms with Gasteiger partial charge in [0.1, 0.15) is 103 Å². The van der Waals surface area contributed by atoms with E-state index in [1.165, 1.54) is 59.7 Å². The zero-order valence-electron chi connectivity index (χ0n) is 80.7. The van der Waals surface area contributed by atoms with Crippen molar-refractivity contribution < 1.29 is 126 Å². The summed E-state index contributed by atoms with van der Waals surface area (Å²) in [4.78, 5) is 301. The highest BCUT2D eigenvalue weighted by atomic mass is 16.4. The molecule has 0 aliphatic heterocycles. The average Bonchev–Trinajstić information content (AvgIpc) is 1.55. The Bertz CT molecular complexity index is 4870. The number of nitrogens with one attached hydrogen (secondary N) is 19. The summed E-state index contributed by atoms with van der Waals surface area (Å²) in [5, 5.41) is 92.2. The van der Waals surface area contributed by atoms with Crippen molar-refractivity contribution in [2.75, 3.05) is 19.7 Å². The van der Waals surface area contributed by atoms with Crippen LogP contribution in [0.15, 0.2) is 85.7 Å². The van der Waals surface area contributed by atoms with Crippen molar-refractivity contribution in [3.05, 3.63) is 108 Å². The molecule has 141 heavy (non-hydrogen) atoms. The Hall–Kier alpha value is -14.5. The van der Waals surface area contributed by atoms with Gasteiger partial charge < -0.3 is 149 Å². The van der Waals surface area contributed by atoms with Crippen molar-refractivity contribution in [2.24, 2.45) is 46.6 Å². The second-order valence-corrected chi connectivity index (χ2v) is 35.5. The largest absolute Gasteiger partial charge is 0.481 e. The van der Waals surface area contributed by atoms with Crippen LogP contribution in [0.2, 0.25) is 0 Å². The molecule has 32 N–H and O–H groups in total. The number of nitrogens with two attached hydrogens (primary N) is 4. The van der Waals surface area contributed by atoms with E-state index in [1.54, 1.807) is 88.4 Å². The third kappa shape index (κ3) is 42.0. The van der Waals surface area contributed by atoms with E-state index >= 15 is 9.59 Å². The first kappa shape index (κ1) is 119. The Kier molecular flexibility index (Phi) is 50.3. The molecule has 19 amide bonds. The van der Waals surface area contributed by atoms with Crippen molar-refractivity contribution in [3.8, 4) is 0 Å². The number of H-pyrrole nitrogens is 2. The van der Waals surface area contributed by atoms with E-state index in [2.05, 4.69) is 110 Å². The summed E-state index contributed by atoms with van der Waals surface area (Å²) in [7, 11) is 0. The van der Waals surface area contributed by atoms with Gasteiger partial charge >= 0.3 is 11.9 Å². The molecule has 2 aromatic carbocycles. The van der Waals surface area contributed by atoms with E-state index in [4.69, 9.17) is 22.9 Å². The van der Waals surface area contributed by atoms with Crippen LogP contribution in [0.4, 0.5) is 0 Å². The minimum absolute atomic E-state index is 0.0855. The number of unbranched alkanes of at least 4 members (excludes halogenated alkanes) is 1. The lowest BCUT2D eigenvalue weighted by atomic mass is 9.98. The second kappa shape index (κ2) is 59.7. The first-order chi connectivity index (χ1) is 66.3. The lowest BCUT2D eigenvalue weighted by Crippen LogP contribution is -2.62. The number of aliphatic hydroxyl groups is 3. The summed E-state index contributed by atoms with van der Waals surface area (Å²) in [6.45, 7) is 15.6. The fraction of sp³-hybridized carbons (Fsp3) is 0.567. The molecule has 0 bridgehead atoms. The molecule has 2 heterocycles. The molecule has 0 aliphatic rings. The Balaban J connectivity index is 1.57. The number of carbonyl (C=O) groups is 21. The van der Waals surface area contributed by atoms with Crippen LogP contribution in [0.1, 0.15) is 163 Å². The van der Waals surface area contributed by atoms with Gasteiger partial charge in [-0.25, -0.2) is 14.8 Å². The molecular weight excluding hydrogens is 1850 g/mol. The number of aromatic amines is 2. The van der Waals surface area contributed by atoms with Crippen LogP contribution in [-0.2, 0) is 126 Å². The summed E-state index contributed by atoms with van der Waals surface area (Å²) in [5.74, 6) is -25.1. The predicted molar refractivity (Wildman–Crippen MR) is 502 cm³/mol. The van der Waals surface area contributed by atoms with Crippen LogP contribution in [0.25, 0.3) is 0 Å². The number of amides is 19. The zero-order chi connectivity index (χ0) is 106. The fourth-order valence-electron chi connectivity index (χ4n) is 14.0. The number of aliphatic hydroxyl groups excluding tert-OH is 3. The SMILES string of the molecule is CC(C)C[C@H](NC(=O)[C@H](Cc1ccccc1)NC(=O)[C@H](Cc1ccccc1)NC(=O)[C@H](Cc1cnc[nH]1)NC(=O)[C@H](CC(=O)O)NC(=O)[C@@H](NC(=O)[C@@H](N)CO)C(C)C)C(=O)N[C@H](C(=O)N[C@@H](Cc1cnc[nH]1)C(=O)N[C@@H](CCCCN)C(=O)N[C@@H](C)C(=O)N[C@H](C(=O)N[C@@H](CCC(N)=O)C(=O)NCC(=O)N[C@H](C(=O)N[C@H](C(=O)N[C@@H](C)C(=O)N[C@@H](CCC(N)=O)C(=O)O)[C@@H](C)O)C(C)C)[C@@H](C)O)C(C)C. The van der Waals surface area contributed by atoms with Gasteiger partial charge in [-0.1, -0.05) is 116 Å². The van der Waals surface area contributed by atoms with Gasteiger partial charge in [0.25, 0.3) is 0 Å². The number of benzene rings is 2. The van der Waals surface area contributed by atoms with E-state index in [0.29, 0.717) is 17.5 Å². The molecule has 0 unspecified atom stereocenters. The van der Waals surface area contributed by atoms with Crippen LogP contribution in [0.3, 0.4) is 0 Å². The summed E-state index contributed by atoms with van der Waals surface area (Å²) in [6, 6.07) is -10.6. The number of nitrogens with zero attached hydrogens (tertiary/aromatic N) is 2. The molecule has 0 radical (unpaired) electrons. The van der Waals surface area contributed by atoms with E-state index in [-0.39, 0.29) is 75.2 Å². The number of imidazole rings is 2. The van der Waals surface area contributed by atoms with Gasteiger partial charge in [0.05, 0.1) is 44.4 Å². The number of carboxylic acids is 2. The number of aliphatic carboxylic acids is 2. The van der Waals surface area contributed by atoms with E-state index < -0.39 is 296 Å². The smallest absolute Gasteiger partial charge is 0.326 e.